The van der Waals surface area contributed by atoms with Crippen LogP contribution in [0.5, 0.6) is 0 Å². The SMILES string of the molecule is CCNC(=NCc1ccc(CN2CCN(C)CC2)cc1)NC1CC2CCC1O2.I. The molecule has 2 bridgehead atoms. The normalized spacial score (nSPS) is 27.7. The fourth-order valence-corrected chi connectivity index (χ4v) is 4.47. The zero-order chi connectivity index (χ0) is 19.3. The summed E-state index contributed by atoms with van der Waals surface area (Å²) in [6, 6.07) is 9.36. The number of piperazine rings is 1. The van der Waals surface area contributed by atoms with Gasteiger partial charge in [-0.25, -0.2) is 4.99 Å². The summed E-state index contributed by atoms with van der Waals surface area (Å²) in [5.41, 5.74) is 2.64. The number of rotatable bonds is 6. The molecule has 162 valence electrons. The van der Waals surface area contributed by atoms with Gasteiger partial charge in [-0.3, -0.25) is 4.90 Å². The number of nitrogens with zero attached hydrogens (tertiary/aromatic N) is 3. The topological polar surface area (TPSA) is 52.1 Å². The van der Waals surface area contributed by atoms with Crippen LogP contribution in [0.15, 0.2) is 29.3 Å². The maximum atomic E-state index is 5.96. The van der Waals surface area contributed by atoms with Crippen molar-refractivity contribution in [1.82, 2.24) is 20.4 Å². The second kappa shape index (κ2) is 10.9. The fourth-order valence-electron chi connectivity index (χ4n) is 4.47. The lowest BCUT2D eigenvalue weighted by Gasteiger charge is -2.32. The Morgan fingerprint density at radius 3 is 2.45 bits per heavy atom. The summed E-state index contributed by atoms with van der Waals surface area (Å²) in [4.78, 5) is 9.75. The van der Waals surface area contributed by atoms with Crippen molar-refractivity contribution < 1.29 is 4.74 Å². The maximum Gasteiger partial charge on any atom is 0.191 e. The molecule has 0 saturated carbocycles. The molecule has 7 heteroatoms. The Morgan fingerprint density at radius 1 is 1.10 bits per heavy atom. The molecule has 0 aromatic heterocycles. The van der Waals surface area contributed by atoms with Gasteiger partial charge in [-0.2, -0.15) is 0 Å². The van der Waals surface area contributed by atoms with Crippen LogP contribution < -0.4 is 10.6 Å². The van der Waals surface area contributed by atoms with Gasteiger partial charge >= 0.3 is 0 Å². The summed E-state index contributed by atoms with van der Waals surface area (Å²) in [7, 11) is 2.20. The molecule has 1 aromatic rings. The number of halogens is 1. The van der Waals surface area contributed by atoms with E-state index in [1.165, 1.54) is 37.1 Å². The highest BCUT2D eigenvalue weighted by atomic mass is 127. The van der Waals surface area contributed by atoms with E-state index in [-0.39, 0.29) is 24.0 Å². The van der Waals surface area contributed by atoms with Crippen LogP contribution in [0.4, 0.5) is 0 Å². The zero-order valence-corrected chi connectivity index (χ0v) is 20.1. The lowest BCUT2D eigenvalue weighted by atomic mass is 9.96. The van der Waals surface area contributed by atoms with E-state index in [0.29, 0.717) is 24.8 Å². The van der Waals surface area contributed by atoms with Crippen molar-refractivity contribution in [3.63, 3.8) is 0 Å². The van der Waals surface area contributed by atoms with Crippen molar-refractivity contribution in [2.24, 2.45) is 4.99 Å². The molecule has 1 aromatic carbocycles. The largest absolute Gasteiger partial charge is 0.373 e. The minimum absolute atomic E-state index is 0. The van der Waals surface area contributed by atoms with Crippen LogP contribution in [0.25, 0.3) is 0 Å². The molecule has 3 fully saturated rings. The van der Waals surface area contributed by atoms with E-state index in [0.717, 1.165) is 38.6 Å². The lowest BCUT2D eigenvalue weighted by molar-refractivity contribution is 0.0992. The van der Waals surface area contributed by atoms with Gasteiger partial charge in [0.05, 0.1) is 24.8 Å². The van der Waals surface area contributed by atoms with Crippen LogP contribution in [-0.4, -0.2) is 73.8 Å². The minimum Gasteiger partial charge on any atom is -0.373 e. The first-order valence-corrected chi connectivity index (χ1v) is 10.9. The molecular formula is C22H36IN5O. The number of hydrogen-bond acceptors (Lipinski definition) is 4. The van der Waals surface area contributed by atoms with Crippen molar-refractivity contribution in [3.05, 3.63) is 35.4 Å². The van der Waals surface area contributed by atoms with Crippen molar-refractivity contribution in [3.8, 4) is 0 Å². The van der Waals surface area contributed by atoms with Gasteiger partial charge in [-0.05, 0) is 44.4 Å². The summed E-state index contributed by atoms with van der Waals surface area (Å²) in [6.45, 7) is 9.39. The molecule has 3 heterocycles. The molecule has 0 radical (unpaired) electrons. The van der Waals surface area contributed by atoms with Crippen LogP contribution in [0.1, 0.15) is 37.3 Å². The quantitative estimate of drug-likeness (QED) is 0.348. The van der Waals surface area contributed by atoms with Crippen LogP contribution >= 0.6 is 24.0 Å². The number of fused-ring (bicyclic) bond motifs is 2. The lowest BCUT2D eigenvalue weighted by Crippen LogP contribution is -2.47. The van der Waals surface area contributed by atoms with E-state index >= 15 is 0 Å². The fraction of sp³-hybridized carbons (Fsp3) is 0.682. The summed E-state index contributed by atoms with van der Waals surface area (Å²) < 4.78 is 5.96. The first kappa shape index (κ1) is 22.8. The summed E-state index contributed by atoms with van der Waals surface area (Å²) in [5, 5.41) is 6.97. The van der Waals surface area contributed by atoms with Crippen LogP contribution in [-0.2, 0) is 17.8 Å². The van der Waals surface area contributed by atoms with Crippen molar-refractivity contribution in [2.75, 3.05) is 39.8 Å². The van der Waals surface area contributed by atoms with Crippen LogP contribution in [0.2, 0.25) is 0 Å². The van der Waals surface area contributed by atoms with Gasteiger partial charge in [0, 0.05) is 39.3 Å². The number of guanidine groups is 1. The molecule has 3 unspecified atom stereocenters. The average Bonchev–Trinajstić information content (AvgIpc) is 3.32. The average molecular weight is 513 g/mol. The van der Waals surface area contributed by atoms with Gasteiger partial charge in [-0.15, -0.1) is 24.0 Å². The first-order chi connectivity index (χ1) is 13.7. The van der Waals surface area contributed by atoms with E-state index < -0.39 is 0 Å². The number of hydrogen-bond donors (Lipinski definition) is 2. The van der Waals surface area contributed by atoms with Crippen LogP contribution in [0.3, 0.4) is 0 Å². The first-order valence-electron chi connectivity index (χ1n) is 10.9. The molecule has 4 rings (SSSR count). The van der Waals surface area contributed by atoms with E-state index in [1.54, 1.807) is 0 Å². The van der Waals surface area contributed by atoms with E-state index in [1.807, 2.05) is 0 Å². The molecule has 0 aliphatic carbocycles. The number of ether oxygens (including phenoxy) is 1. The number of benzene rings is 1. The Hall–Kier alpha value is -0.900. The smallest absolute Gasteiger partial charge is 0.191 e. The number of aliphatic imine (C=N–C) groups is 1. The molecule has 0 amide bonds. The van der Waals surface area contributed by atoms with Crippen molar-refractivity contribution >= 4 is 29.9 Å². The molecule has 3 saturated heterocycles. The van der Waals surface area contributed by atoms with Gasteiger partial charge < -0.3 is 20.3 Å². The molecule has 0 spiro atoms. The monoisotopic (exact) mass is 513 g/mol. The number of likely N-dealkylation sites (N-methyl/N-ethyl adjacent to an activating group) is 1. The molecule has 6 nitrogen and oxygen atoms in total. The highest BCUT2D eigenvalue weighted by Crippen LogP contribution is 2.34. The predicted molar refractivity (Wildman–Crippen MR) is 129 cm³/mol. The highest BCUT2D eigenvalue weighted by molar-refractivity contribution is 14.0. The molecule has 3 aliphatic rings. The Kier molecular flexibility index (Phi) is 8.58. The van der Waals surface area contributed by atoms with Gasteiger partial charge in [0.1, 0.15) is 0 Å². The Bertz CT molecular complexity index is 660. The van der Waals surface area contributed by atoms with Crippen molar-refractivity contribution in [2.45, 2.75) is 57.5 Å². The molecule has 29 heavy (non-hydrogen) atoms. The Morgan fingerprint density at radius 2 is 1.83 bits per heavy atom. The Labute approximate surface area is 192 Å². The third-order valence-corrected chi connectivity index (χ3v) is 6.22. The van der Waals surface area contributed by atoms with E-state index in [9.17, 15) is 0 Å². The van der Waals surface area contributed by atoms with Crippen molar-refractivity contribution in [1.29, 1.82) is 0 Å². The summed E-state index contributed by atoms with van der Waals surface area (Å²) >= 11 is 0. The van der Waals surface area contributed by atoms with Gasteiger partial charge in [-0.1, -0.05) is 24.3 Å². The minimum atomic E-state index is 0. The summed E-state index contributed by atoms with van der Waals surface area (Å²) in [6.07, 6.45) is 4.32. The van der Waals surface area contributed by atoms with E-state index in [4.69, 9.17) is 9.73 Å². The Balaban J connectivity index is 0.00000240. The second-order valence-electron chi connectivity index (χ2n) is 8.45. The maximum absolute atomic E-state index is 5.96. The molecule has 3 atom stereocenters. The third-order valence-electron chi connectivity index (χ3n) is 6.22. The van der Waals surface area contributed by atoms with Gasteiger partial charge in [0.25, 0.3) is 0 Å². The number of nitrogens with one attached hydrogen (secondary N) is 2. The van der Waals surface area contributed by atoms with Gasteiger partial charge in [0.2, 0.25) is 0 Å². The third kappa shape index (κ3) is 6.29. The zero-order valence-electron chi connectivity index (χ0n) is 17.8. The van der Waals surface area contributed by atoms with Crippen LogP contribution in [0, 0.1) is 0 Å². The highest BCUT2D eigenvalue weighted by Gasteiger charge is 2.41. The van der Waals surface area contributed by atoms with Gasteiger partial charge in [0.15, 0.2) is 5.96 Å². The van der Waals surface area contributed by atoms with E-state index in [2.05, 4.69) is 58.7 Å². The molecule has 3 aliphatic heterocycles. The molecule has 2 N–H and O–H groups in total. The summed E-state index contributed by atoms with van der Waals surface area (Å²) in [5.74, 6) is 0.908. The standard InChI is InChI=1S/C22H35N5O.HI/c1-3-23-22(25-20-14-19-8-9-21(20)28-19)24-15-17-4-6-18(7-5-17)16-27-12-10-26(2)11-13-27;/h4-7,19-21H,3,8-16H2,1-2H3,(H2,23,24,25);1H. The second-order valence-corrected chi connectivity index (χ2v) is 8.45. The predicted octanol–water partition coefficient (Wildman–Crippen LogP) is 2.43. The molecular weight excluding hydrogens is 477 g/mol.